The highest BCUT2D eigenvalue weighted by molar-refractivity contribution is 6.14. The lowest BCUT2D eigenvalue weighted by Crippen LogP contribution is -2.00. The van der Waals surface area contributed by atoms with E-state index in [1.807, 2.05) is 60.7 Å². The van der Waals surface area contributed by atoms with Gasteiger partial charge in [-0.05, 0) is 58.7 Å². The van der Waals surface area contributed by atoms with Crippen molar-refractivity contribution in [2.45, 2.75) is 0 Å². The number of fused-ring (bicyclic) bond motifs is 6. The molecule has 5 nitrogen and oxygen atoms in total. The minimum Gasteiger partial charge on any atom is -0.456 e. The van der Waals surface area contributed by atoms with Crippen molar-refractivity contribution in [2.75, 3.05) is 0 Å². The zero-order valence-corrected chi connectivity index (χ0v) is 30.2. The van der Waals surface area contributed by atoms with E-state index in [1.165, 1.54) is 21.9 Å². The van der Waals surface area contributed by atoms with E-state index in [4.69, 9.17) is 19.4 Å². The van der Waals surface area contributed by atoms with Crippen molar-refractivity contribution >= 4 is 43.7 Å². The van der Waals surface area contributed by atoms with E-state index in [2.05, 4.69) is 138 Å². The zero-order chi connectivity index (χ0) is 37.0. The van der Waals surface area contributed by atoms with Gasteiger partial charge >= 0.3 is 0 Å². The van der Waals surface area contributed by atoms with Crippen LogP contribution in [0.4, 0.5) is 0 Å². The summed E-state index contributed by atoms with van der Waals surface area (Å²) < 4.78 is 8.96. The molecule has 0 fully saturated rings. The van der Waals surface area contributed by atoms with Crippen LogP contribution in [0, 0.1) is 0 Å². The molecule has 0 aliphatic heterocycles. The molecular weight excluding hydrogens is 685 g/mol. The van der Waals surface area contributed by atoms with Crippen LogP contribution in [-0.4, -0.2) is 19.5 Å². The average Bonchev–Trinajstić information content (AvgIpc) is 3.82. The molecule has 11 aromatic rings. The van der Waals surface area contributed by atoms with Crippen molar-refractivity contribution in [1.29, 1.82) is 0 Å². The molecule has 56 heavy (non-hydrogen) atoms. The van der Waals surface area contributed by atoms with Crippen LogP contribution in [0.25, 0.3) is 106 Å². The minimum atomic E-state index is 0.630. The number of aromatic nitrogens is 4. The normalized spacial score (nSPS) is 11.6. The second-order valence-electron chi connectivity index (χ2n) is 14.0. The fourth-order valence-electron chi connectivity index (χ4n) is 7.99. The molecule has 5 heteroatoms. The molecular formula is C51H32N4O. The van der Waals surface area contributed by atoms with Crippen LogP contribution >= 0.6 is 0 Å². The molecule has 0 spiro atoms. The lowest BCUT2D eigenvalue weighted by atomic mass is 9.98. The molecule has 3 aromatic heterocycles. The van der Waals surface area contributed by atoms with Crippen molar-refractivity contribution in [3.05, 3.63) is 194 Å². The molecule has 11 rings (SSSR count). The second kappa shape index (κ2) is 13.0. The highest BCUT2D eigenvalue weighted by Gasteiger charge is 2.18. The van der Waals surface area contributed by atoms with E-state index >= 15 is 0 Å². The molecule has 0 bridgehead atoms. The molecule has 0 atom stereocenters. The number of nitrogens with zero attached hydrogens (tertiary/aromatic N) is 4. The van der Waals surface area contributed by atoms with Crippen molar-refractivity contribution in [2.24, 2.45) is 0 Å². The number of benzene rings is 8. The maximum Gasteiger partial charge on any atom is 0.164 e. The summed E-state index contributed by atoms with van der Waals surface area (Å²) in [6.45, 7) is 0. The molecule has 0 amide bonds. The van der Waals surface area contributed by atoms with Gasteiger partial charge in [-0.2, -0.15) is 0 Å². The molecule has 8 aromatic carbocycles. The van der Waals surface area contributed by atoms with Crippen LogP contribution in [0.5, 0.6) is 0 Å². The quantitative estimate of drug-likeness (QED) is 0.172. The zero-order valence-electron chi connectivity index (χ0n) is 30.2. The summed E-state index contributed by atoms with van der Waals surface area (Å²) in [7, 11) is 0. The van der Waals surface area contributed by atoms with Crippen molar-refractivity contribution in [1.82, 2.24) is 19.5 Å². The number of hydrogen-bond acceptors (Lipinski definition) is 4. The molecule has 0 radical (unpaired) electrons. The van der Waals surface area contributed by atoms with Gasteiger partial charge in [-0.3, -0.25) is 0 Å². The predicted octanol–water partition coefficient (Wildman–Crippen LogP) is 13.2. The smallest absolute Gasteiger partial charge is 0.164 e. The van der Waals surface area contributed by atoms with Gasteiger partial charge in [0.15, 0.2) is 17.5 Å². The Kier molecular flexibility index (Phi) is 7.42. The lowest BCUT2D eigenvalue weighted by molar-refractivity contribution is 0.668. The second-order valence-corrected chi connectivity index (χ2v) is 14.0. The Hall–Kier alpha value is -7.63. The van der Waals surface area contributed by atoms with Gasteiger partial charge in [-0.1, -0.05) is 152 Å². The van der Waals surface area contributed by atoms with Crippen LogP contribution < -0.4 is 0 Å². The van der Waals surface area contributed by atoms with E-state index in [0.29, 0.717) is 17.5 Å². The van der Waals surface area contributed by atoms with Crippen LogP contribution in [0.1, 0.15) is 0 Å². The Morgan fingerprint density at radius 1 is 0.339 bits per heavy atom. The third-order valence-electron chi connectivity index (χ3n) is 10.7. The maximum atomic E-state index is 6.62. The van der Waals surface area contributed by atoms with Crippen LogP contribution in [0.2, 0.25) is 0 Å². The van der Waals surface area contributed by atoms with E-state index < -0.39 is 0 Å². The Balaban J connectivity index is 0.993. The van der Waals surface area contributed by atoms with Crippen LogP contribution in [-0.2, 0) is 0 Å². The molecule has 0 N–H and O–H groups in total. The third-order valence-corrected chi connectivity index (χ3v) is 10.7. The summed E-state index contributed by atoms with van der Waals surface area (Å²) in [5.74, 6) is 1.92. The Morgan fingerprint density at radius 3 is 1.57 bits per heavy atom. The number of para-hydroxylation sites is 1. The molecule has 0 aliphatic rings. The third kappa shape index (κ3) is 5.37. The van der Waals surface area contributed by atoms with Crippen molar-refractivity contribution < 1.29 is 4.42 Å². The summed E-state index contributed by atoms with van der Waals surface area (Å²) in [4.78, 5) is 14.7. The largest absolute Gasteiger partial charge is 0.456 e. The van der Waals surface area contributed by atoms with E-state index in [0.717, 1.165) is 66.5 Å². The number of furan rings is 1. The first-order valence-electron chi connectivity index (χ1n) is 18.8. The first-order valence-corrected chi connectivity index (χ1v) is 18.8. The predicted molar refractivity (Wildman–Crippen MR) is 229 cm³/mol. The summed E-state index contributed by atoms with van der Waals surface area (Å²) >= 11 is 0. The van der Waals surface area contributed by atoms with Gasteiger partial charge < -0.3 is 8.98 Å². The molecule has 0 unspecified atom stereocenters. The Labute approximate surface area is 322 Å². The van der Waals surface area contributed by atoms with Gasteiger partial charge in [0.2, 0.25) is 0 Å². The molecule has 3 heterocycles. The van der Waals surface area contributed by atoms with Gasteiger partial charge in [0.1, 0.15) is 11.2 Å². The summed E-state index contributed by atoms with van der Waals surface area (Å²) in [5, 5.41) is 4.62. The fourth-order valence-corrected chi connectivity index (χ4v) is 7.99. The van der Waals surface area contributed by atoms with E-state index in [9.17, 15) is 0 Å². The Morgan fingerprint density at radius 2 is 0.893 bits per heavy atom. The summed E-state index contributed by atoms with van der Waals surface area (Å²) in [6.07, 6.45) is 0. The van der Waals surface area contributed by atoms with E-state index in [-0.39, 0.29) is 0 Å². The molecule has 0 saturated carbocycles. The van der Waals surface area contributed by atoms with Gasteiger partial charge in [-0.25, -0.2) is 15.0 Å². The minimum absolute atomic E-state index is 0.630. The van der Waals surface area contributed by atoms with Crippen molar-refractivity contribution in [3.8, 4) is 62.1 Å². The SMILES string of the molecule is c1ccc(-c2ccc3c(c2)c2ccccc2n3-c2ccc3c(c2)oc2cccc(-c4ccc(-c5nc(-c6ccccc6)nc(-c6ccccc6)n5)cc4)c23)cc1. The number of rotatable bonds is 6. The highest BCUT2D eigenvalue weighted by atomic mass is 16.3. The molecule has 262 valence electrons. The van der Waals surface area contributed by atoms with Crippen LogP contribution in [0.15, 0.2) is 199 Å². The lowest BCUT2D eigenvalue weighted by Gasteiger charge is -2.10. The van der Waals surface area contributed by atoms with Gasteiger partial charge in [0.25, 0.3) is 0 Å². The Bertz CT molecular complexity index is 3160. The van der Waals surface area contributed by atoms with E-state index in [1.54, 1.807) is 0 Å². The first-order chi connectivity index (χ1) is 27.7. The molecule has 0 saturated heterocycles. The van der Waals surface area contributed by atoms with Crippen LogP contribution in [0.3, 0.4) is 0 Å². The average molecular weight is 717 g/mol. The van der Waals surface area contributed by atoms with Crippen molar-refractivity contribution in [3.63, 3.8) is 0 Å². The maximum absolute atomic E-state index is 6.62. The van der Waals surface area contributed by atoms with Gasteiger partial charge in [-0.15, -0.1) is 0 Å². The monoisotopic (exact) mass is 716 g/mol. The summed E-state index contributed by atoms with van der Waals surface area (Å²) in [5.41, 5.74) is 12.5. The number of hydrogen-bond donors (Lipinski definition) is 0. The summed E-state index contributed by atoms with van der Waals surface area (Å²) in [6, 6.07) is 67.5. The standard InChI is InChI=1S/C51H32N4O/c1-4-13-33(14-5-1)38-27-30-45-43(31-38)41-19-10-11-21-44(41)55(45)39-28-29-42-47(32-39)56-46-22-12-20-40(48(42)46)34-23-25-37(26-24-34)51-53-49(35-15-6-2-7-16-35)52-50(54-51)36-17-8-3-9-18-36/h1-32H. The highest BCUT2D eigenvalue weighted by Crippen LogP contribution is 2.40. The molecule has 0 aliphatic carbocycles. The van der Waals surface area contributed by atoms with Gasteiger partial charge in [0.05, 0.1) is 11.0 Å². The van der Waals surface area contributed by atoms with Gasteiger partial charge in [0, 0.05) is 50.0 Å². The topological polar surface area (TPSA) is 56.7 Å². The first kappa shape index (κ1) is 31.9. The fraction of sp³-hybridized carbons (Fsp3) is 0.